The van der Waals surface area contributed by atoms with Crippen LogP contribution in [-0.2, 0) is 22.6 Å². The molecule has 0 aliphatic rings. The maximum Gasteiger partial charge on any atom is 0.261 e. The zero-order valence-electron chi connectivity index (χ0n) is 18.4. The fraction of sp³-hybridized carbons (Fsp3) is 0.250. The van der Waals surface area contributed by atoms with Crippen molar-refractivity contribution < 1.29 is 14.3 Å². The first-order chi connectivity index (χ1) is 16.0. The van der Waals surface area contributed by atoms with Gasteiger partial charge in [0.15, 0.2) is 0 Å². The number of fused-ring (bicyclic) bond motifs is 2. The Morgan fingerprint density at radius 1 is 0.909 bits per heavy atom. The number of hydrogen-bond acceptors (Lipinski definition) is 6. The van der Waals surface area contributed by atoms with Gasteiger partial charge < -0.3 is 19.4 Å². The molecule has 1 amide bonds. The topological polar surface area (TPSA) is 104 Å². The lowest BCUT2D eigenvalue weighted by Crippen LogP contribution is -2.25. The van der Waals surface area contributed by atoms with E-state index in [9.17, 15) is 14.4 Å². The minimum Gasteiger partial charge on any atom is -0.383 e. The predicted octanol–water partition coefficient (Wildman–Crippen LogP) is 2.26. The molecule has 2 heterocycles. The minimum atomic E-state index is -0.389. The largest absolute Gasteiger partial charge is 0.383 e. The molecular weight excluding hydrogens is 424 g/mol. The molecule has 9 heteroatoms. The van der Waals surface area contributed by atoms with Gasteiger partial charge in [0.1, 0.15) is 0 Å². The number of anilines is 1. The van der Waals surface area contributed by atoms with Crippen LogP contribution in [0.1, 0.15) is 10.4 Å². The number of nitrogens with zero attached hydrogens (tertiary/aromatic N) is 3. The number of amides is 1. The molecule has 0 aliphatic heterocycles. The van der Waals surface area contributed by atoms with Crippen LogP contribution in [0.3, 0.4) is 0 Å². The highest BCUT2D eigenvalue weighted by Crippen LogP contribution is 2.19. The third-order valence-corrected chi connectivity index (χ3v) is 5.39. The molecule has 0 unspecified atom stereocenters. The summed E-state index contributed by atoms with van der Waals surface area (Å²) in [5, 5.41) is 4.24. The molecule has 33 heavy (non-hydrogen) atoms. The Morgan fingerprint density at radius 3 is 2.30 bits per heavy atom. The lowest BCUT2D eigenvalue weighted by Gasteiger charge is -2.13. The van der Waals surface area contributed by atoms with Crippen LogP contribution < -0.4 is 16.4 Å². The summed E-state index contributed by atoms with van der Waals surface area (Å²) in [7, 11) is 3.12. The second kappa shape index (κ2) is 9.76. The molecule has 0 aliphatic carbocycles. The SMILES string of the molecule is COCCn1cnc2ccc(NC(=O)c3cn(CCOC)c(=O)c4ccccc34)cc2c1=O. The molecular formula is C24H24N4O5. The molecule has 0 fully saturated rings. The summed E-state index contributed by atoms with van der Waals surface area (Å²) >= 11 is 0. The van der Waals surface area contributed by atoms with Crippen LogP contribution in [0.5, 0.6) is 0 Å². The summed E-state index contributed by atoms with van der Waals surface area (Å²) in [5.41, 5.74) is 0.934. The first-order valence-electron chi connectivity index (χ1n) is 10.4. The second-order valence-corrected chi connectivity index (χ2v) is 7.50. The maximum atomic E-state index is 13.2. The van der Waals surface area contributed by atoms with Gasteiger partial charge in [-0.15, -0.1) is 0 Å². The van der Waals surface area contributed by atoms with E-state index in [0.717, 1.165) is 0 Å². The zero-order valence-corrected chi connectivity index (χ0v) is 18.4. The lowest BCUT2D eigenvalue weighted by molar-refractivity contribution is 0.102. The van der Waals surface area contributed by atoms with Crippen molar-refractivity contribution in [2.24, 2.45) is 0 Å². The first-order valence-corrected chi connectivity index (χ1v) is 10.4. The van der Waals surface area contributed by atoms with Crippen LogP contribution in [0, 0.1) is 0 Å². The third-order valence-electron chi connectivity index (χ3n) is 5.39. The van der Waals surface area contributed by atoms with Crippen molar-refractivity contribution in [1.82, 2.24) is 14.1 Å². The third kappa shape index (κ3) is 4.55. The molecule has 0 atom stereocenters. The van der Waals surface area contributed by atoms with Crippen LogP contribution in [0.4, 0.5) is 5.69 Å². The Bertz CT molecular complexity index is 1440. The van der Waals surface area contributed by atoms with Gasteiger partial charge in [-0.05, 0) is 24.3 Å². The summed E-state index contributed by atoms with van der Waals surface area (Å²) in [4.78, 5) is 43.1. The molecule has 0 saturated carbocycles. The van der Waals surface area contributed by atoms with Gasteiger partial charge in [0.2, 0.25) is 0 Å². The molecule has 1 N–H and O–H groups in total. The van der Waals surface area contributed by atoms with Crippen LogP contribution in [-0.4, -0.2) is 47.5 Å². The van der Waals surface area contributed by atoms with Gasteiger partial charge in [0.05, 0.1) is 42.6 Å². The molecule has 4 aromatic rings. The average Bonchev–Trinajstić information content (AvgIpc) is 2.83. The highest BCUT2D eigenvalue weighted by molar-refractivity contribution is 6.12. The molecule has 4 rings (SSSR count). The molecule has 2 aromatic heterocycles. The Balaban J connectivity index is 1.72. The number of carbonyl (C=O) groups is 1. The van der Waals surface area contributed by atoms with E-state index in [-0.39, 0.29) is 17.0 Å². The number of rotatable bonds is 8. The molecule has 0 saturated heterocycles. The number of ether oxygens (including phenoxy) is 2. The zero-order chi connectivity index (χ0) is 23.4. The van der Waals surface area contributed by atoms with Crippen molar-refractivity contribution in [3.05, 3.63) is 81.3 Å². The normalized spacial score (nSPS) is 11.2. The van der Waals surface area contributed by atoms with Crippen LogP contribution in [0.15, 0.2) is 64.6 Å². The summed E-state index contributed by atoms with van der Waals surface area (Å²) < 4.78 is 13.1. The molecule has 170 valence electrons. The smallest absolute Gasteiger partial charge is 0.261 e. The Labute approximate surface area is 189 Å². The first kappa shape index (κ1) is 22.4. The summed E-state index contributed by atoms with van der Waals surface area (Å²) in [6.07, 6.45) is 3.02. The molecule has 9 nitrogen and oxygen atoms in total. The fourth-order valence-corrected chi connectivity index (χ4v) is 3.66. The van der Waals surface area contributed by atoms with Gasteiger partial charge in [-0.3, -0.25) is 19.0 Å². The Morgan fingerprint density at radius 2 is 1.58 bits per heavy atom. The van der Waals surface area contributed by atoms with Gasteiger partial charge >= 0.3 is 0 Å². The van der Waals surface area contributed by atoms with Crippen molar-refractivity contribution >= 4 is 33.3 Å². The summed E-state index contributed by atoms with van der Waals surface area (Å²) in [6.45, 7) is 1.43. The Kier molecular flexibility index (Phi) is 6.62. The monoisotopic (exact) mass is 448 g/mol. The minimum absolute atomic E-state index is 0.187. The average molecular weight is 448 g/mol. The number of carbonyl (C=O) groups excluding carboxylic acids is 1. The number of aromatic nitrogens is 3. The molecule has 0 bridgehead atoms. The number of pyridine rings is 1. The van der Waals surface area contributed by atoms with E-state index >= 15 is 0 Å². The van der Waals surface area contributed by atoms with E-state index in [4.69, 9.17) is 9.47 Å². The standard InChI is InChI=1S/C24H24N4O5/c1-32-11-9-27-14-20(17-5-3-4-6-18(17)23(27)30)22(29)26-16-7-8-21-19(13-16)24(31)28(15-25-21)10-12-33-2/h3-8,13-15H,9-12H2,1-2H3,(H,26,29). The van der Waals surface area contributed by atoms with Crippen LogP contribution >= 0.6 is 0 Å². The second-order valence-electron chi connectivity index (χ2n) is 7.50. The molecule has 0 spiro atoms. The van der Waals surface area contributed by atoms with Gasteiger partial charge in [0.25, 0.3) is 17.0 Å². The van der Waals surface area contributed by atoms with Gasteiger partial charge in [-0.2, -0.15) is 0 Å². The van der Waals surface area contributed by atoms with E-state index < -0.39 is 0 Å². The highest BCUT2D eigenvalue weighted by Gasteiger charge is 2.16. The van der Waals surface area contributed by atoms with E-state index in [1.165, 1.54) is 15.5 Å². The Hall–Kier alpha value is -3.82. The summed E-state index contributed by atoms with van der Waals surface area (Å²) in [6, 6.07) is 12.0. The van der Waals surface area contributed by atoms with Gasteiger partial charge in [0, 0.05) is 43.4 Å². The van der Waals surface area contributed by atoms with Crippen molar-refractivity contribution in [3.8, 4) is 0 Å². The van der Waals surface area contributed by atoms with Crippen molar-refractivity contribution in [3.63, 3.8) is 0 Å². The van der Waals surface area contributed by atoms with E-state index in [0.29, 0.717) is 59.2 Å². The molecule has 2 aromatic carbocycles. The van der Waals surface area contributed by atoms with Crippen molar-refractivity contribution in [2.45, 2.75) is 13.1 Å². The van der Waals surface area contributed by atoms with Crippen molar-refractivity contribution in [1.29, 1.82) is 0 Å². The quantitative estimate of drug-likeness (QED) is 0.443. The number of benzene rings is 2. The summed E-state index contributed by atoms with van der Waals surface area (Å²) in [5.74, 6) is -0.389. The van der Waals surface area contributed by atoms with E-state index in [1.54, 1.807) is 62.9 Å². The maximum absolute atomic E-state index is 13.2. The predicted molar refractivity (Wildman–Crippen MR) is 126 cm³/mol. The number of hydrogen-bond donors (Lipinski definition) is 1. The van der Waals surface area contributed by atoms with Gasteiger partial charge in [-0.25, -0.2) is 4.98 Å². The molecule has 0 radical (unpaired) electrons. The van der Waals surface area contributed by atoms with Crippen molar-refractivity contribution in [2.75, 3.05) is 32.8 Å². The van der Waals surface area contributed by atoms with Gasteiger partial charge in [-0.1, -0.05) is 18.2 Å². The number of nitrogens with one attached hydrogen (secondary N) is 1. The van der Waals surface area contributed by atoms with E-state index in [1.807, 2.05) is 0 Å². The number of methoxy groups -OCH3 is 2. The van der Waals surface area contributed by atoms with E-state index in [2.05, 4.69) is 10.3 Å². The fourth-order valence-electron chi connectivity index (χ4n) is 3.66. The highest BCUT2D eigenvalue weighted by atomic mass is 16.5. The van der Waals surface area contributed by atoms with Crippen LogP contribution in [0.25, 0.3) is 21.7 Å². The van der Waals surface area contributed by atoms with Crippen LogP contribution in [0.2, 0.25) is 0 Å². The lowest BCUT2D eigenvalue weighted by atomic mass is 10.1.